The van der Waals surface area contributed by atoms with Crippen LogP contribution in [0.5, 0.6) is 0 Å². The van der Waals surface area contributed by atoms with E-state index in [1.807, 2.05) is 132 Å². The first kappa shape index (κ1) is 79.0. The van der Waals surface area contributed by atoms with Crippen molar-refractivity contribution in [3.8, 4) is 22.4 Å². The van der Waals surface area contributed by atoms with E-state index in [2.05, 4.69) is 120 Å². The van der Waals surface area contributed by atoms with Crippen LogP contribution in [0.4, 0.5) is 31.5 Å². The van der Waals surface area contributed by atoms with Gasteiger partial charge in [0, 0.05) is 159 Å². The fourth-order valence-corrected chi connectivity index (χ4v) is 11.7. The van der Waals surface area contributed by atoms with Gasteiger partial charge in [-0.05, 0) is 205 Å². The number of nitrogens with zero attached hydrogens (tertiary/aromatic N) is 7. The number of fused-ring (bicyclic) bond motifs is 7. The number of nitrogens with two attached hydrogens (primary N) is 4. The van der Waals surface area contributed by atoms with Crippen molar-refractivity contribution < 1.29 is 59.0 Å². The average Bonchev–Trinajstić information content (AvgIpc) is 1.60. The van der Waals surface area contributed by atoms with E-state index in [0.29, 0.717) is 12.0 Å². The second-order valence-corrected chi connectivity index (χ2v) is 23.7. The number of aryl methyl sites for hydroxylation is 1. The number of likely N-dealkylation sites (N-methyl/N-ethyl adjacent to an activating group) is 3. The van der Waals surface area contributed by atoms with Crippen molar-refractivity contribution in [2.75, 3.05) is 68.3 Å². The number of alkyl halides is 1. The van der Waals surface area contributed by atoms with Crippen molar-refractivity contribution in [1.82, 2.24) is 34.6 Å². The minimum atomic E-state index is -0.833. The van der Waals surface area contributed by atoms with Crippen molar-refractivity contribution in [2.24, 2.45) is 12.9 Å². The molecule has 0 atom stereocenters. The molecule has 7 aromatic carbocycles. The molecule has 0 bridgehead atoms. The maximum atomic E-state index is 13.5. The zero-order valence-electron chi connectivity index (χ0n) is 58.3. The van der Waals surface area contributed by atoms with Crippen LogP contribution in [-0.2, 0) is 57.2 Å². The SMILES string of the molecule is CC(=O)O.CI.CN1CCc2c(N)cccc2C1.CN1CCc2c(ccc3c(-c4ccncc4)c(-c4ccc(F)cc4)[nH]c23)C1.CN1CCc2c(cccc2NN)C1.C[n+]1ccc2c(N)cccc2c1.Nc1cccc2cnccc12.O=C(Cc1ccncc1)c1ccc(F)cc1.[B].[H-].[Na+]. The van der Waals surface area contributed by atoms with E-state index in [1.165, 1.54) is 86.1 Å². The molecule has 0 aliphatic carbocycles. The molecule has 5 aromatic heterocycles. The van der Waals surface area contributed by atoms with Crippen LogP contribution >= 0.6 is 22.6 Å². The fourth-order valence-electron chi connectivity index (χ4n) is 11.7. The first-order chi connectivity index (χ1) is 46.9. The molecular formula is C78H86BF2IN13NaO3+. The Labute approximate surface area is 618 Å². The molecule has 0 fully saturated rings. The number of carbonyl (C=O) groups excluding carboxylic acids is 1. The molecule has 12 aromatic rings. The molecule has 11 N–H and O–H groups in total. The molecule has 21 heteroatoms. The van der Waals surface area contributed by atoms with Gasteiger partial charge in [0.25, 0.3) is 5.97 Å². The van der Waals surface area contributed by atoms with Crippen molar-refractivity contribution in [3.63, 3.8) is 0 Å². The van der Waals surface area contributed by atoms with Crippen molar-refractivity contribution in [3.05, 3.63) is 276 Å². The van der Waals surface area contributed by atoms with Gasteiger partial charge in [-0.25, -0.2) is 13.3 Å². The number of pyridine rings is 4. The van der Waals surface area contributed by atoms with E-state index in [-0.39, 0.29) is 56.8 Å². The van der Waals surface area contributed by atoms with Gasteiger partial charge < -0.3 is 48.8 Å². The Morgan fingerprint density at radius 1 is 0.586 bits per heavy atom. The van der Waals surface area contributed by atoms with Crippen molar-refractivity contribution >= 4 is 98.0 Å². The van der Waals surface area contributed by atoms with Crippen LogP contribution in [0.15, 0.2) is 219 Å². The average molecular weight is 1450 g/mol. The molecule has 0 saturated heterocycles. The second kappa shape index (κ2) is 39.6. The number of benzene rings is 7. The van der Waals surface area contributed by atoms with Crippen LogP contribution in [0.2, 0.25) is 0 Å². The molecule has 505 valence electrons. The number of hydrogen-bond donors (Lipinski definition) is 7. The predicted octanol–water partition coefficient (Wildman–Crippen LogP) is 10.8. The Morgan fingerprint density at radius 3 is 1.66 bits per heavy atom. The Balaban J connectivity index is 0.000000218. The van der Waals surface area contributed by atoms with E-state index < -0.39 is 5.97 Å². The molecule has 0 spiro atoms. The molecule has 15 rings (SSSR count). The number of carboxylic acids is 1. The molecule has 16 nitrogen and oxygen atoms in total. The Morgan fingerprint density at radius 2 is 1.07 bits per heavy atom. The largest absolute Gasteiger partial charge is 1.00 e. The minimum absolute atomic E-state index is 0. The van der Waals surface area contributed by atoms with Gasteiger partial charge in [-0.1, -0.05) is 77.2 Å². The molecule has 3 aliphatic heterocycles. The molecule has 8 heterocycles. The number of ketones is 1. The monoisotopic (exact) mass is 1450 g/mol. The number of hydrogen-bond acceptors (Lipinski definition) is 13. The summed E-state index contributed by atoms with van der Waals surface area (Å²) in [5.74, 6) is 4.04. The summed E-state index contributed by atoms with van der Waals surface area (Å²) in [4.78, 5) is 45.5. The number of aromatic amines is 1. The van der Waals surface area contributed by atoms with Gasteiger partial charge in [0.2, 0.25) is 0 Å². The summed E-state index contributed by atoms with van der Waals surface area (Å²) in [7, 11) is 8.45. The number of nitrogens with one attached hydrogen (secondary N) is 2. The van der Waals surface area contributed by atoms with E-state index in [9.17, 15) is 13.6 Å². The van der Waals surface area contributed by atoms with Crippen LogP contribution < -0.4 is 62.6 Å². The Kier molecular flexibility index (Phi) is 31.6. The quantitative estimate of drug-likeness (QED) is 0.0120. The van der Waals surface area contributed by atoms with E-state index in [4.69, 9.17) is 32.9 Å². The van der Waals surface area contributed by atoms with E-state index >= 15 is 0 Å². The predicted molar refractivity (Wildman–Crippen MR) is 407 cm³/mol. The number of carboxylic acid groups (broad SMARTS) is 1. The molecule has 3 radical (unpaired) electrons. The minimum Gasteiger partial charge on any atom is -1.00 e. The number of aromatic nitrogens is 5. The van der Waals surface area contributed by atoms with Gasteiger partial charge in [-0.15, -0.1) is 0 Å². The zero-order chi connectivity index (χ0) is 69.4. The molecule has 0 amide bonds. The number of carbonyl (C=O) groups is 2. The van der Waals surface area contributed by atoms with E-state index in [1.54, 1.807) is 30.7 Å². The number of Topliss-reactive ketones (excluding diaryl/α,β-unsaturated/α-hetero) is 1. The van der Waals surface area contributed by atoms with Crippen molar-refractivity contribution in [1.29, 1.82) is 0 Å². The van der Waals surface area contributed by atoms with Gasteiger partial charge in [-0.2, -0.15) is 0 Å². The molecular weight excluding hydrogens is 1370 g/mol. The summed E-state index contributed by atoms with van der Waals surface area (Å²) in [5.41, 5.74) is 39.0. The zero-order valence-corrected chi connectivity index (χ0v) is 61.4. The second-order valence-electron chi connectivity index (χ2n) is 23.7. The molecule has 3 aliphatic rings. The summed E-state index contributed by atoms with van der Waals surface area (Å²) >= 11 is 2.15. The maximum Gasteiger partial charge on any atom is 1.00 e. The van der Waals surface area contributed by atoms with Gasteiger partial charge in [0.15, 0.2) is 18.2 Å². The van der Waals surface area contributed by atoms with Crippen LogP contribution in [0, 0.1) is 11.6 Å². The summed E-state index contributed by atoms with van der Waals surface area (Å²) in [5, 5.41) is 13.1. The van der Waals surface area contributed by atoms with Gasteiger partial charge in [-0.3, -0.25) is 30.4 Å². The number of H-pyrrole nitrogens is 1. The standard InChI is InChI=1S/C23H20FN3.C13H10FNO.C10H15N3.C10H14N2.C10H11N2.C9H8N2.C2H4O2.CH3I.B.Na.H/c1-27-13-10-19-17(14-27)4-7-20-21(15-8-11-25-12-9-15)22(26-23(19)20)16-2-5-18(24)6-3-16;14-12-3-1-11(2-4-12)13(16)9-10-5-7-15-8-6-10;1-13-6-5-9-8(7-13)3-2-4-10(9)12-11;2*1-12-6-5-9-8(7-12)3-2-4-10(9)11;10-9-3-1-2-7-6-11-5-4-8(7)9;1-2(3)4;1-2;;;/h2-9,11-12,26H,10,13-14H2,1H3;1-8H,9H2;2-4,12H,5-7,11H2,1H3;2-4H,5-7,11H2,1H3;2-7H,11H2,1H3;1-6H,10H2;1H3,(H,3,4);1H3;;;/q;;;;+1;;;;;+1;-1. The maximum absolute atomic E-state index is 13.5. The third kappa shape index (κ3) is 22.5. The van der Waals surface area contributed by atoms with Crippen molar-refractivity contribution in [2.45, 2.75) is 52.2 Å². The van der Waals surface area contributed by atoms with Gasteiger partial charge >= 0.3 is 29.6 Å². The van der Waals surface area contributed by atoms with Crippen LogP contribution in [-0.4, -0.2) is 106 Å². The molecule has 0 saturated carbocycles. The first-order valence-electron chi connectivity index (χ1n) is 31.7. The van der Waals surface area contributed by atoms with Gasteiger partial charge in [0.1, 0.15) is 18.7 Å². The normalized spacial score (nSPS) is 12.6. The number of rotatable bonds is 6. The molecule has 0 unspecified atom stereocenters. The fraction of sp³-hybridized carbons (Fsp3) is 0.205. The van der Waals surface area contributed by atoms with Crippen LogP contribution in [0.25, 0.3) is 54.8 Å². The summed E-state index contributed by atoms with van der Waals surface area (Å²) < 4.78 is 28.1. The van der Waals surface area contributed by atoms with Crippen LogP contribution in [0.3, 0.4) is 0 Å². The Hall–Kier alpha value is -8.97. The number of hydrazine groups is 1. The number of aliphatic carboxylic acids is 1. The van der Waals surface area contributed by atoms with Crippen LogP contribution in [0.1, 0.15) is 57.7 Å². The smallest absolute Gasteiger partial charge is 1.00 e. The first-order valence-corrected chi connectivity index (χ1v) is 33.9. The van der Waals surface area contributed by atoms with E-state index in [0.717, 1.165) is 132 Å². The number of halogens is 3. The Bertz CT molecular complexity index is 4540. The third-order valence-corrected chi connectivity index (χ3v) is 16.6. The number of anilines is 4. The third-order valence-electron chi connectivity index (χ3n) is 16.6. The summed E-state index contributed by atoms with van der Waals surface area (Å²) in [6.07, 6.45) is 18.1. The molecule has 99 heavy (non-hydrogen) atoms. The van der Waals surface area contributed by atoms with Gasteiger partial charge in [0.05, 0.1) is 16.9 Å². The summed E-state index contributed by atoms with van der Waals surface area (Å²) in [6.45, 7) is 7.43. The number of nitrogen functional groups attached to an aromatic ring is 4. The summed E-state index contributed by atoms with van der Waals surface area (Å²) in [6, 6.07) is 52.6. The topological polar surface area (TPSA) is 239 Å².